The minimum Gasteiger partial charge on any atom is -0.319 e. The zero-order valence-electron chi connectivity index (χ0n) is 36.4. The molecule has 0 radical (unpaired) electrons. The fourth-order valence-electron chi connectivity index (χ4n) is 10.5. The zero-order chi connectivity index (χ0) is 41.4. The first-order valence-electron chi connectivity index (χ1n) is 21.3. The molecule has 8 rings (SSSR count). The Morgan fingerprint density at radius 1 is 0.525 bits per heavy atom. The lowest BCUT2D eigenvalue weighted by atomic mass is 9.33. The Labute approximate surface area is 354 Å². The minimum atomic E-state index is -0.109. The van der Waals surface area contributed by atoms with Crippen molar-refractivity contribution in [2.45, 2.75) is 81.4 Å². The van der Waals surface area contributed by atoms with E-state index in [1.807, 2.05) is 0 Å². The number of benzene rings is 7. The van der Waals surface area contributed by atoms with Gasteiger partial charge in [-0.25, -0.2) is 0 Å². The van der Waals surface area contributed by atoms with Crippen LogP contribution in [0, 0.1) is 62.3 Å². The highest BCUT2D eigenvalue weighted by Crippen LogP contribution is 2.35. The molecule has 7 aromatic rings. The van der Waals surface area contributed by atoms with Gasteiger partial charge in [-0.3, -0.25) is 4.99 Å². The van der Waals surface area contributed by atoms with Crippen molar-refractivity contribution in [1.82, 2.24) is 4.81 Å². The molecular weight excluding hydrogens is 710 g/mol. The quantitative estimate of drug-likeness (QED) is 0.100. The highest BCUT2D eigenvalue weighted by molar-refractivity contribution is 6.97. The van der Waals surface area contributed by atoms with Gasteiger partial charge in [0.15, 0.2) is 0 Å². The van der Waals surface area contributed by atoms with Crippen LogP contribution < -0.4 is 27.3 Å². The molecule has 1 unspecified atom stereocenters. The highest BCUT2D eigenvalue weighted by atomic mass is 15.1. The van der Waals surface area contributed by atoms with E-state index in [-0.39, 0.29) is 19.6 Å². The molecule has 2 nitrogen and oxygen atoms in total. The molecule has 1 aliphatic rings. The molecule has 0 bridgehead atoms. The largest absolute Gasteiger partial charge is 0.319 e. The van der Waals surface area contributed by atoms with Crippen LogP contribution in [0.25, 0.3) is 0 Å². The van der Waals surface area contributed by atoms with E-state index in [4.69, 9.17) is 4.99 Å². The van der Waals surface area contributed by atoms with Crippen LogP contribution in [0.5, 0.6) is 0 Å². The third kappa shape index (κ3) is 7.91. The molecule has 1 atom stereocenters. The van der Waals surface area contributed by atoms with Gasteiger partial charge in [0.25, 0.3) is 6.85 Å². The summed E-state index contributed by atoms with van der Waals surface area (Å²) in [5.74, 6) is 0. The van der Waals surface area contributed by atoms with Crippen molar-refractivity contribution < 1.29 is 0 Å². The number of aliphatic imine (C=N–C) groups is 1. The predicted octanol–water partition coefficient (Wildman–Crippen LogP) is 9.33. The van der Waals surface area contributed by atoms with Crippen molar-refractivity contribution in [3.05, 3.63) is 218 Å². The van der Waals surface area contributed by atoms with Gasteiger partial charge in [0.1, 0.15) is 0 Å². The van der Waals surface area contributed by atoms with Crippen LogP contribution in [-0.4, -0.2) is 24.1 Å². The fraction of sp³-hybridized carbons (Fsp3) is 0.218. The normalized spacial score (nSPS) is 14.2. The predicted molar refractivity (Wildman–Crippen MR) is 256 cm³/mol. The van der Waals surface area contributed by atoms with Crippen LogP contribution >= 0.6 is 0 Å². The van der Waals surface area contributed by atoms with E-state index in [2.05, 4.69) is 213 Å². The number of rotatable bonds is 10. The van der Waals surface area contributed by atoms with Gasteiger partial charge in [-0.2, -0.15) is 0 Å². The number of fused-ring (bicyclic) bond motifs is 1. The van der Waals surface area contributed by atoms with E-state index in [0.717, 1.165) is 12.3 Å². The van der Waals surface area contributed by atoms with Crippen LogP contribution in [0.2, 0.25) is 0 Å². The van der Waals surface area contributed by atoms with E-state index < -0.39 is 0 Å². The molecular formula is C55H56B2N2. The Bertz CT molecular complexity index is 2550. The van der Waals surface area contributed by atoms with Crippen molar-refractivity contribution in [1.29, 1.82) is 0 Å². The summed E-state index contributed by atoms with van der Waals surface area (Å²) >= 11 is 0. The number of nitrogens with zero attached hydrogens (tertiary/aromatic N) is 2. The second kappa shape index (κ2) is 16.9. The number of aryl methyl sites for hydroxylation is 9. The zero-order valence-corrected chi connectivity index (χ0v) is 36.4. The monoisotopic (exact) mass is 766 g/mol. The van der Waals surface area contributed by atoms with E-state index in [0.29, 0.717) is 6.54 Å². The maximum atomic E-state index is 5.85. The molecule has 1 heterocycles. The van der Waals surface area contributed by atoms with Crippen LogP contribution in [0.3, 0.4) is 0 Å². The second-order valence-electron chi connectivity index (χ2n) is 17.2. The summed E-state index contributed by atoms with van der Waals surface area (Å²) in [6.45, 7) is 21.9. The summed E-state index contributed by atoms with van der Waals surface area (Å²) in [4.78, 5) is 8.60. The van der Waals surface area contributed by atoms with Crippen LogP contribution in [0.1, 0.15) is 78.4 Å². The van der Waals surface area contributed by atoms with Gasteiger partial charge in [0.2, 0.25) is 6.71 Å². The van der Waals surface area contributed by atoms with Crippen LogP contribution in [0.4, 0.5) is 0 Å². The molecule has 7 aromatic carbocycles. The van der Waals surface area contributed by atoms with E-state index >= 15 is 0 Å². The first kappa shape index (κ1) is 40.1. The summed E-state index contributed by atoms with van der Waals surface area (Å²) in [6.07, 6.45) is 0. The van der Waals surface area contributed by atoms with Crippen molar-refractivity contribution in [3.63, 3.8) is 0 Å². The Morgan fingerprint density at radius 3 is 1.54 bits per heavy atom. The van der Waals surface area contributed by atoms with E-state index in [1.54, 1.807) is 0 Å². The van der Waals surface area contributed by atoms with Crippen molar-refractivity contribution >= 4 is 46.6 Å². The summed E-state index contributed by atoms with van der Waals surface area (Å²) in [6, 6.07) is 54.3. The van der Waals surface area contributed by atoms with Crippen molar-refractivity contribution in [2.24, 2.45) is 4.99 Å². The van der Waals surface area contributed by atoms with Crippen molar-refractivity contribution in [2.75, 3.05) is 0 Å². The smallest absolute Gasteiger partial charge is 0.294 e. The average molecular weight is 767 g/mol. The first-order valence-corrected chi connectivity index (χ1v) is 21.3. The molecule has 1 aliphatic heterocycles. The fourth-order valence-corrected chi connectivity index (χ4v) is 10.5. The molecule has 0 N–H and O–H groups in total. The van der Waals surface area contributed by atoms with E-state index in [1.165, 1.54) is 99.6 Å². The summed E-state index contributed by atoms with van der Waals surface area (Å²) in [7, 11) is 0. The molecule has 59 heavy (non-hydrogen) atoms. The third-order valence-electron chi connectivity index (χ3n) is 12.6. The summed E-state index contributed by atoms with van der Waals surface area (Å²) < 4.78 is 0. The van der Waals surface area contributed by atoms with Gasteiger partial charge >= 0.3 is 0 Å². The van der Waals surface area contributed by atoms with Crippen LogP contribution in [-0.2, 0) is 13.1 Å². The molecule has 0 spiro atoms. The van der Waals surface area contributed by atoms with E-state index in [9.17, 15) is 0 Å². The third-order valence-corrected chi connectivity index (χ3v) is 12.6. The maximum Gasteiger partial charge on any atom is 0.294 e. The molecule has 0 saturated carbocycles. The van der Waals surface area contributed by atoms with Gasteiger partial charge in [-0.15, -0.1) is 0 Å². The molecule has 0 aromatic heterocycles. The van der Waals surface area contributed by atoms with Gasteiger partial charge in [-0.05, 0) is 84.6 Å². The minimum absolute atomic E-state index is 0.00549. The lowest BCUT2D eigenvalue weighted by molar-refractivity contribution is 0.411. The van der Waals surface area contributed by atoms with Gasteiger partial charge in [-0.1, -0.05) is 223 Å². The SMILES string of the molecule is Cc1cc(C)c(B(c2ccccc2C(=NCc2ccccc2)C2c3ccccc3B(c3c(C)cc(C)cc3C)N2Cc2ccccc2)c2c(C)cc(C)cc2C)c(C)c1. The Balaban J connectivity index is 1.44. The molecule has 0 amide bonds. The summed E-state index contributed by atoms with van der Waals surface area (Å²) in [5.41, 5.74) is 24.9. The Hall–Kier alpha value is -5.70. The first-order chi connectivity index (χ1) is 28.5. The molecule has 4 heteroatoms. The topological polar surface area (TPSA) is 15.6 Å². The van der Waals surface area contributed by atoms with Crippen LogP contribution in [0.15, 0.2) is 151 Å². The number of hydrogen-bond acceptors (Lipinski definition) is 2. The molecule has 0 aliphatic carbocycles. The Morgan fingerprint density at radius 2 is 0.983 bits per heavy atom. The molecule has 0 saturated heterocycles. The maximum absolute atomic E-state index is 5.85. The average Bonchev–Trinajstić information content (AvgIpc) is 3.50. The molecule has 0 fully saturated rings. The Kier molecular flexibility index (Phi) is 11.5. The van der Waals surface area contributed by atoms with Gasteiger partial charge in [0.05, 0.1) is 18.3 Å². The lowest BCUT2D eigenvalue weighted by Gasteiger charge is -2.34. The summed E-state index contributed by atoms with van der Waals surface area (Å²) in [5, 5.41) is 0. The second-order valence-corrected chi connectivity index (χ2v) is 17.2. The standard InChI is InChI=1S/C55H56B2N2/c1-36-28-39(4)51(40(5)29-36)56(52-41(6)30-37(2)31-42(52)7)49-26-18-16-24-47(49)54(58-34-45-20-12-10-13-21-45)55-48-25-17-19-27-50(48)57(53-43(8)32-38(3)33-44(53)9)59(55)35-46-22-14-11-15-23-46/h10-33,55H,34-35H2,1-9H3. The number of hydrogen-bond donors (Lipinski definition) is 0. The van der Waals surface area contributed by atoms with Gasteiger partial charge < -0.3 is 4.81 Å². The highest BCUT2D eigenvalue weighted by Gasteiger charge is 2.46. The lowest BCUT2D eigenvalue weighted by Crippen LogP contribution is -2.58. The van der Waals surface area contributed by atoms with Gasteiger partial charge in [0, 0.05) is 6.54 Å². The van der Waals surface area contributed by atoms with Crippen molar-refractivity contribution in [3.8, 4) is 0 Å². The molecule has 292 valence electrons.